The Morgan fingerprint density at radius 1 is 1.14 bits per heavy atom. The number of benzene rings is 2. The summed E-state index contributed by atoms with van der Waals surface area (Å²) in [4.78, 5) is 1.26. The summed E-state index contributed by atoms with van der Waals surface area (Å²) in [5.41, 5.74) is 8.91. The first-order chi connectivity index (χ1) is 9.98. The zero-order valence-corrected chi connectivity index (χ0v) is 13.2. The minimum absolute atomic E-state index is 0.0528. The van der Waals surface area contributed by atoms with Gasteiger partial charge in [-0.2, -0.15) is 0 Å². The van der Waals surface area contributed by atoms with Crippen LogP contribution >= 0.6 is 11.8 Å². The number of nitrogens with two attached hydrogens (primary N) is 1. The monoisotopic (exact) mass is 299 g/mol. The fraction of sp³-hybridized carbons (Fsp3) is 0.333. The molecule has 0 heterocycles. The molecule has 2 aromatic rings. The summed E-state index contributed by atoms with van der Waals surface area (Å²) < 4.78 is 0. The fourth-order valence-corrected chi connectivity index (χ4v) is 4.53. The lowest BCUT2D eigenvalue weighted by atomic mass is 9.69. The van der Waals surface area contributed by atoms with Gasteiger partial charge in [0.25, 0.3) is 0 Å². The van der Waals surface area contributed by atoms with Gasteiger partial charge in [-0.15, -0.1) is 11.8 Å². The number of hydrogen-bond acceptors (Lipinski definition) is 3. The van der Waals surface area contributed by atoms with Crippen molar-refractivity contribution >= 4 is 11.8 Å². The number of thioether (sulfide) groups is 1. The third-order valence-corrected chi connectivity index (χ3v) is 5.78. The minimum atomic E-state index is -0.140. The Kier molecular flexibility index (Phi) is 3.72. The van der Waals surface area contributed by atoms with E-state index in [0.29, 0.717) is 11.0 Å². The van der Waals surface area contributed by atoms with E-state index in [0.717, 1.165) is 6.42 Å². The average molecular weight is 299 g/mol. The predicted molar refractivity (Wildman–Crippen MR) is 88.9 cm³/mol. The summed E-state index contributed by atoms with van der Waals surface area (Å²) in [5.74, 6) is 0.322. The van der Waals surface area contributed by atoms with Gasteiger partial charge in [0, 0.05) is 21.6 Å². The molecular formula is C18H21NOS. The highest BCUT2D eigenvalue weighted by molar-refractivity contribution is 8.00. The van der Waals surface area contributed by atoms with Crippen molar-refractivity contribution in [2.24, 2.45) is 5.73 Å². The summed E-state index contributed by atoms with van der Waals surface area (Å²) in [5, 5.41) is 10.1. The van der Waals surface area contributed by atoms with Crippen LogP contribution in [0.4, 0.5) is 0 Å². The molecule has 0 saturated heterocycles. The van der Waals surface area contributed by atoms with Gasteiger partial charge in [-0.25, -0.2) is 0 Å². The van der Waals surface area contributed by atoms with Gasteiger partial charge in [-0.3, -0.25) is 0 Å². The number of rotatable bonds is 2. The van der Waals surface area contributed by atoms with E-state index in [-0.39, 0.29) is 11.5 Å². The van der Waals surface area contributed by atoms with E-state index in [2.05, 4.69) is 38.1 Å². The highest BCUT2D eigenvalue weighted by Crippen LogP contribution is 2.43. The maximum Gasteiger partial charge on any atom is 0.115 e. The van der Waals surface area contributed by atoms with E-state index in [4.69, 9.17) is 5.73 Å². The Morgan fingerprint density at radius 2 is 1.86 bits per heavy atom. The normalized spacial score (nSPS) is 23.6. The van der Waals surface area contributed by atoms with Gasteiger partial charge < -0.3 is 10.8 Å². The molecular weight excluding hydrogens is 278 g/mol. The summed E-state index contributed by atoms with van der Waals surface area (Å²) in [6.45, 7) is 4.35. The number of phenolic OH excluding ortho intramolecular Hbond substituents is 1. The second kappa shape index (κ2) is 5.39. The quantitative estimate of drug-likeness (QED) is 0.888. The lowest BCUT2D eigenvalue weighted by Gasteiger charge is -2.43. The first-order valence-electron chi connectivity index (χ1n) is 7.28. The Bertz CT molecular complexity index is 639. The van der Waals surface area contributed by atoms with E-state index in [1.807, 2.05) is 30.0 Å². The molecule has 0 radical (unpaired) electrons. The van der Waals surface area contributed by atoms with Crippen LogP contribution in [0.15, 0.2) is 53.4 Å². The van der Waals surface area contributed by atoms with Crippen LogP contribution in [0.3, 0.4) is 0 Å². The second-order valence-corrected chi connectivity index (χ2v) is 7.58. The predicted octanol–water partition coefficient (Wildman–Crippen LogP) is 3.71. The number of phenols is 1. The maximum absolute atomic E-state index is 9.76. The van der Waals surface area contributed by atoms with Crippen LogP contribution in [0.2, 0.25) is 0 Å². The van der Waals surface area contributed by atoms with Crippen LogP contribution in [0.25, 0.3) is 0 Å². The van der Waals surface area contributed by atoms with Crippen molar-refractivity contribution in [3.8, 4) is 5.75 Å². The molecule has 0 unspecified atom stereocenters. The molecule has 110 valence electrons. The zero-order valence-electron chi connectivity index (χ0n) is 12.4. The van der Waals surface area contributed by atoms with E-state index in [1.54, 1.807) is 6.07 Å². The molecule has 2 atom stereocenters. The molecule has 0 bridgehead atoms. The molecule has 1 aliphatic rings. The smallest absolute Gasteiger partial charge is 0.115 e. The largest absolute Gasteiger partial charge is 0.508 e. The van der Waals surface area contributed by atoms with Gasteiger partial charge in [-0.05, 0) is 41.8 Å². The molecule has 3 rings (SSSR count). The summed E-state index contributed by atoms with van der Waals surface area (Å²) in [6, 6.07) is 16.2. The maximum atomic E-state index is 9.76. The molecule has 0 fully saturated rings. The molecule has 21 heavy (non-hydrogen) atoms. The highest BCUT2D eigenvalue weighted by Gasteiger charge is 2.40. The Balaban J connectivity index is 1.94. The Labute approximate surface area is 130 Å². The first-order valence-corrected chi connectivity index (χ1v) is 8.16. The van der Waals surface area contributed by atoms with E-state index >= 15 is 0 Å². The molecule has 1 aliphatic carbocycles. The van der Waals surface area contributed by atoms with Gasteiger partial charge in [0.15, 0.2) is 0 Å². The number of hydrogen-bond donors (Lipinski definition) is 2. The molecule has 0 aromatic heterocycles. The van der Waals surface area contributed by atoms with Crippen LogP contribution in [-0.2, 0) is 11.8 Å². The lowest BCUT2D eigenvalue weighted by molar-refractivity contribution is 0.369. The van der Waals surface area contributed by atoms with E-state index in [1.165, 1.54) is 16.0 Å². The molecule has 3 heteroatoms. The van der Waals surface area contributed by atoms with Gasteiger partial charge in [0.2, 0.25) is 0 Å². The van der Waals surface area contributed by atoms with Gasteiger partial charge in [0.1, 0.15) is 5.75 Å². The molecule has 0 aliphatic heterocycles. The SMILES string of the molecule is CC1(C)c2cc(O)ccc2C[C@H](Sc2ccccc2)[C@H]1N. The Morgan fingerprint density at radius 3 is 2.57 bits per heavy atom. The minimum Gasteiger partial charge on any atom is -0.508 e. The van der Waals surface area contributed by atoms with Gasteiger partial charge in [0.05, 0.1) is 0 Å². The van der Waals surface area contributed by atoms with Crippen LogP contribution in [0, 0.1) is 0 Å². The van der Waals surface area contributed by atoms with Crippen molar-refractivity contribution in [1.29, 1.82) is 0 Å². The van der Waals surface area contributed by atoms with Crippen molar-refractivity contribution in [2.75, 3.05) is 0 Å². The highest BCUT2D eigenvalue weighted by atomic mass is 32.2. The number of aromatic hydroxyl groups is 1. The molecule has 2 aromatic carbocycles. The van der Waals surface area contributed by atoms with E-state index < -0.39 is 0 Å². The summed E-state index contributed by atoms with van der Waals surface area (Å²) >= 11 is 1.86. The summed E-state index contributed by atoms with van der Waals surface area (Å²) in [7, 11) is 0. The fourth-order valence-electron chi connectivity index (χ4n) is 3.12. The second-order valence-electron chi connectivity index (χ2n) is 6.26. The standard InChI is InChI=1S/C18H21NOS/c1-18(2)15-11-13(20)9-8-12(15)10-16(17(18)19)21-14-6-4-3-5-7-14/h3-9,11,16-17,20H,10,19H2,1-2H3/t16-,17+/m0/s1. The third-order valence-electron chi connectivity index (χ3n) is 4.47. The molecule has 0 spiro atoms. The van der Waals surface area contributed by atoms with Crippen molar-refractivity contribution in [1.82, 2.24) is 0 Å². The van der Waals surface area contributed by atoms with Crippen molar-refractivity contribution < 1.29 is 5.11 Å². The molecule has 3 N–H and O–H groups in total. The summed E-state index contributed by atoms with van der Waals surface area (Å²) in [6.07, 6.45) is 0.944. The van der Waals surface area contributed by atoms with Crippen LogP contribution < -0.4 is 5.73 Å². The van der Waals surface area contributed by atoms with Crippen molar-refractivity contribution in [2.45, 2.75) is 41.9 Å². The van der Waals surface area contributed by atoms with Crippen LogP contribution in [0.5, 0.6) is 5.75 Å². The molecule has 0 saturated carbocycles. The topological polar surface area (TPSA) is 46.2 Å². The Hall–Kier alpha value is -1.45. The van der Waals surface area contributed by atoms with Crippen molar-refractivity contribution in [3.05, 3.63) is 59.7 Å². The molecule has 0 amide bonds. The van der Waals surface area contributed by atoms with Crippen LogP contribution in [0.1, 0.15) is 25.0 Å². The zero-order chi connectivity index (χ0) is 15.0. The third kappa shape index (κ3) is 2.68. The lowest BCUT2D eigenvalue weighted by Crippen LogP contribution is -2.52. The molecule has 2 nitrogen and oxygen atoms in total. The number of fused-ring (bicyclic) bond motifs is 1. The average Bonchev–Trinajstić information content (AvgIpc) is 2.47. The van der Waals surface area contributed by atoms with Gasteiger partial charge >= 0.3 is 0 Å². The van der Waals surface area contributed by atoms with Crippen molar-refractivity contribution in [3.63, 3.8) is 0 Å². The van der Waals surface area contributed by atoms with E-state index in [9.17, 15) is 5.11 Å². The first kappa shape index (κ1) is 14.5. The van der Waals surface area contributed by atoms with Crippen LogP contribution in [-0.4, -0.2) is 16.4 Å². The van der Waals surface area contributed by atoms with Gasteiger partial charge in [-0.1, -0.05) is 38.1 Å².